The minimum absolute atomic E-state index is 0.0116. The Morgan fingerprint density at radius 2 is 2.05 bits per heavy atom. The molecule has 0 aliphatic rings. The summed E-state index contributed by atoms with van der Waals surface area (Å²) >= 11 is 1.45. The van der Waals surface area contributed by atoms with Crippen LogP contribution in [0.3, 0.4) is 0 Å². The molecular formula is C13H13N3O2S. The standard InChI is InChI=1S/C13H13N3O2S/c1-18-10-6-2-3-7-11(10)19-12-8-4-5-9(15-12)13(14)16-17/h2-8,17H,1H3,(H2,14,16). The van der Waals surface area contributed by atoms with Gasteiger partial charge in [-0.3, -0.25) is 0 Å². The Morgan fingerprint density at radius 1 is 1.26 bits per heavy atom. The van der Waals surface area contributed by atoms with E-state index < -0.39 is 0 Å². The summed E-state index contributed by atoms with van der Waals surface area (Å²) in [5.74, 6) is 0.769. The van der Waals surface area contributed by atoms with E-state index in [2.05, 4.69) is 10.1 Å². The first-order chi connectivity index (χ1) is 9.24. The van der Waals surface area contributed by atoms with Gasteiger partial charge in [0.1, 0.15) is 16.5 Å². The smallest absolute Gasteiger partial charge is 0.188 e. The molecule has 0 unspecified atom stereocenters. The van der Waals surface area contributed by atoms with Gasteiger partial charge in [-0.1, -0.05) is 35.1 Å². The fourth-order valence-corrected chi connectivity index (χ4v) is 2.40. The third-order valence-electron chi connectivity index (χ3n) is 2.38. The highest BCUT2D eigenvalue weighted by atomic mass is 32.2. The molecular weight excluding hydrogens is 262 g/mol. The Kier molecular flexibility index (Phi) is 4.25. The molecule has 0 atom stereocenters. The molecule has 0 saturated heterocycles. The van der Waals surface area contributed by atoms with Crippen LogP contribution < -0.4 is 10.5 Å². The molecule has 0 radical (unpaired) electrons. The molecule has 2 rings (SSSR count). The number of pyridine rings is 1. The number of nitrogens with two attached hydrogens (primary N) is 1. The molecule has 98 valence electrons. The lowest BCUT2D eigenvalue weighted by Gasteiger charge is -2.07. The van der Waals surface area contributed by atoms with E-state index in [1.807, 2.05) is 30.3 Å². The molecule has 6 heteroatoms. The number of hydrogen-bond acceptors (Lipinski definition) is 5. The average Bonchev–Trinajstić information content (AvgIpc) is 2.47. The Hall–Kier alpha value is -2.21. The zero-order valence-electron chi connectivity index (χ0n) is 10.3. The summed E-state index contributed by atoms with van der Waals surface area (Å²) in [4.78, 5) is 5.26. The Balaban J connectivity index is 2.28. The van der Waals surface area contributed by atoms with E-state index in [1.165, 1.54) is 11.8 Å². The number of benzene rings is 1. The second kappa shape index (κ2) is 6.10. The predicted octanol–water partition coefficient (Wildman–Crippen LogP) is 2.34. The minimum atomic E-state index is -0.0116. The van der Waals surface area contributed by atoms with Crippen molar-refractivity contribution in [3.8, 4) is 5.75 Å². The zero-order valence-corrected chi connectivity index (χ0v) is 11.1. The fraction of sp³-hybridized carbons (Fsp3) is 0.0769. The molecule has 0 fully saturated rings. The summed E-state index contributed by atoms with van der Waals surface area (Å²) < 4.78 is 5.28. The fourth-order valence-electron chi connectivity index (χ4n) is 1.48. The molecule has 0 spiro atoms. The van der Waals surface area contributed by atoms with Crippen molar-refractivity contribution in [1.29, 1.82) is 0 Å². The topological polar surface area (TPSA) is 80.7 Å². The molecule has 1 heterocycles. The molecule has 0 aliphatic heterocycles. The van der Waals surface area contributed by atoms with Gasteiger partial charge < -0.3 is 15.7 Å². The van der Waals surface area contributed by atoms with Crippen molar-refractivity contribution < 1.29 is 9.94 Å². The van der Waals surface area contributed by atoms with Gasteiger partial charge in [0.15, 0.2) is 5.84 Å². The lowest BCUT2D eigenvalue weighted by Crippen LogP contribution is -2.14. The van der Waals surface area contributed by atoms with Gasteiger partial charge in [0.05, 0.1) is 12.0 Å². The van der Waals surface area contributed by atoms with Crippen LogP contribution in [0.15, 0.2) is 57.5 Å². The molecule has 0 aliphatic carbocycles. The van der Waals surface area contributed by atoms with Gasteiger partial charge in [0.25, 0.3) is 0 Å². The van der Waals surface area contributed by atoms with Crippen LogP contribution in [0.4, 0.5) is 0 Å². The van der Waals surface area contributed by atoms with Crippen molar-refractivity contribution in [2.75, 3.05) is 7.11 Å². The van der Waals surface area contributed by atoms with E-state index in [4.69, 9.17) is 15.7 Å². The van der Waals surface area contributed by atoms with E-state index in [1.54, 1.807) is 19.2 Å². The third-order valence-corrected chi connectivity index (χ3v) is 3.37. The molecule has 1 aromatic heterocycles. The molecule has 0 bridgehead atoms. The third kappa shape index (κ3) is 3.17. The van der Waals surface area contributed by atoms with Crippen molar-refractivity contribution in [3.05, 3.63) is 48.2 Å². The molecule has 19 heavy (non-hydrogen) atoms. The van der Waals surface area contributed by atoms with E-state index in [-0.39, 0.29) is 5.84 Å². The van der Waals surface area contributed by atoms with Crippen molar-refractivity contribution in [3.63, 3.8) is 0 Å². The summed E-state index contributed by atoms with van der Waals surface area (Å²) in [6.07, 6.45) is 0. The highest BCUT2D eigenvalue weighted by Gasteiger charge is 2.07. The van der Waals surface area contributed by atoms with Crippen LogP contribution in [0.5, 0.6) is 5.75 Å². The van der Waals surface area contributed by atoms with Crippen LogP contribution in [0.1, 0.15) is 5.69 Å². The van der Waals surface area contributed by atoms with Crippen molar-refractivity contribution in [1.82, 2.24) is 4.98 Å². The maximum Gasteiger partial charge on any atom is 0.188 e. The maximum atomic E-state index is 8.65. The van der Waals surface area contributed by atoms with E-state index in [0.717, 1.165) is 15.7 Å². The predicted molar refractivity (Wildman–Crippen MR) is 73.9 cm³/mol. The maximum absolute atomic E-state index is 8.65. The van der Waals surface area contributed by atoms with E-state index in [0.29, 0.717) is 5.69 Å². The molecule has 0 saturated carbocycles. The van der Waals surface area contributed by atoms with Gasteiger partial charge in [0, 0.05) is 0 Å². The van der Waals surface area contributed by atoms with Gasteiger partial charge in [-0.15, -0.1) is 0 Å². The highest BCUT2D eigenvalue weighted by molar-refractivity contribution is 7.99. The minimum Gasteiger partial charge on any atom is -0.496 e. The summed E-state index contributed by atoms with van der Waals surface area (Å²) in [5.41, 5.74) is 5.95. The van der Waals surface area contributed by atoms with Crippen molar-refractivity contribution in [2.24, 2.45) is 10.9 Å². The number of nitrogens with zero attached hydrogens (tertiary/aromatic N) is 2. The first kappa shape index (κ1) is 13.2. The van der Waals surface area contributed by atoms with E-state index in [9.17, 15) is 0 Å². The molecule has 0 amide bonds. The van der Waals surface area contributed by atoms with E-state index >= 15 is 0 Å². The summed E-state index contributed by atoms with van der Waals surface area (Å²) in [6.45, 7) is 0. The number of amidine groups is 1. The Morgan fingerprint density at radius 3 is 2.79 bits per heavy atom. The molecule has 3 N–H and O–H groups in total. The quantitative estimate of drug-likeness (QED) is 0.387. The van der Waals surface area contributed by atoms with Gasteiger partial charge >= 0.3 is 0 Å². The average molecular weight is 275 g/mol. The van der Waals surface area contributed by atoms with Gasteiger partial charge in [0.2, 0.25) is 0 Å². The van der Waals surface area contributed by atoms with Crippen LogP contribution in [-0.4, -0.2) is 23.1 Å². The van der Waals surface area contributed by atoms with Crippen LogP contribution in [0, 0.1) is 0 Å². The summed E-state index contributed by atoms with van der Waals surface area (Å²) in [7, 11) is 1.62. The van der Waals surface area contributed by atoms with Crippen molar-refractivity contribution in [2.45, 2.75) is 9.92 Å². The van der Waals surface area contributed by atoms with Crippen LogP contribution in [0.25, 0.3) is 0 Å². The number of methoxy groups -OCH3 is 1. The van der Waals surface area contributed by atoms with Crippen LogP contribution >= 0.6 is 11.8 Å². The first-order valence-electron chi connectivity index (χ1n) is 5.50. The summed E-state index contributed by atoms with van der Waals surface area (Å²) in [6, 6.07) is 13.0. The zero-order chi connectivity index (χ0) is 13.7. The van der Waals surface area contributed by atoms with Crippen LogP contribution in [0.2, 0.25) is 0 Å². The van der Waals surface area contributed by atoms with Gasteiger partial charge in [-0.25, -0.2) is 4.98 Å². The summed E-state index contributed by atoms with van der Waals surface area (Å²) in [5, 5.41) is 12.3. The normalized spacial score (nSPS) is 11.3. The number of hydrogen-bond donors (Lipinski definition) is 2. The number of para-hydroxylation sites is 1. The second-order valence-corrected chi connectivity index (χ2v) is 4.66. The number of ether oxygens (including phenoxy) is 1. The number of oxime groups is 1. The van der Waals surface area contributed by atoms with Gasteiger partial charge in [-0.05, 0) is 24.3 Å². The monoisotopic (exact) mass is 275 g/mol. The number of aromatic nitrogens is 1. The largest absolute Gasteiger partial charge is 0.496 e. The molecule has 5 nitrogen and oxygen atoms in total. The second-order valence-electron chi connectivity index (χ2n) is 3.60. The van der Waals surface area contributed by atoms with Crippen LogP contribution in [-0.2, 0) is 0 Å². The van der Waals surface area contributed by atoms with Crippen molar-refractivity contribution >= 4 is 17.6 Å². The van der Waals surface area contributed by atoms with Gasteiger partial charge in [-0.2, -0.15) is 0 Å². The Bertz CT molecular complexity index is 602. The first-order valence-corrected chi connectivity index (χ1v) is 6.32. The Labute approximate surface area is 115 Å². The lowest BCUT2D eigenvalue weighted by atomic mass is 10.3. The molecule has 2 aromatic rings. The highest BCUT2D eigenvalue weighted by Crippen LogP contribution is 2.33. The number of rotatable bonds is 4. The SMILES string of the molecule is COc1ccccc1Sc1cccc(C(N)=NO)n1. The molecule has 1 aromatic carbocycles. The lowest BCUT2D eigenvalue weighted by molar-refractivity contribution is 0.318.